The summed E-state index contributed by atoms with van der Waals surface area (Å²) in [5.74, 6) is 1.18. The van der Waals surface area contributed by atoms with E-state index >= 15 is 0 Å². The highest BCUT2D eigenvalue weighted by atomic mass is 16.1. The van der Waals surface area contributed by atoms with Crippen LogP contribution in [0.2, 0.25) is 0 Å². The number of nitrogens with one attached hydrogen (secondary N) is 2. The van der Waals surface area contributed by atoms with Crippen LogP contribution in [0, 0.1) is 5.92 Å². The molecule has 0 aromatic heterocycles. The van der Waals surface area contributed by atoms with E-state index in [0.717, 1.165) is 44.9 Å². The van der Waals surface area contributed by atoms with E-state index in [1.54, 1.807) is 0 Å². The summed E-state index contributed by atoms with van der Waals surface area (Å²) >= 11 is 0. The van der Waals surface area contributed by atoms with Gasteiger partial charge in [0.05, 0.1) is 5.54 Å². The maximum Gasteiger partial charge on any atom is 0.220 e. The SMILES string of the molecule is O=C1CCC[C@]2(CNCCN(CC3CC3)C2)N1. The standard InChI is InChI=1S/C13H23N3O/c17-12-2-1-5-13(15-12)9-14-6-7-16(10-13)8-11-3-4-11/h11,14H,1-10H2,(H,15,17)/t13-/m1/s1. The molecule has 2 saturated heterocycles. The van der Waals surface area contributed by atoms with Gasteiger partial charge in [0.15, 0.2) is 0 Å². The molecule has 0 aromatic carbocycles. The van der Waals surface area contributed by atoms with Gasteiger partial charge in [0.1, 0.15) is 0 Å². The van der Waals surface area contributed by atoms with E-state index in [1.807, 2.05) is 0 Å². The molecule has 1 atom stereocenters. The summed E-state index contributed by atoms with van der Waals surface area (Å²) in [7, 11) is 0. The number of rotatable bonds is 2. The second-order valence-electron chi connectivity index (χ2n) is 6.04. The van der Waals surface area contributed by atoms with Gasteiger partial charge < -0.3 is 10.6 Å². The monoisotopic (exact) mass is 237 g/mol. The number of amides is 1. The lowest BCUT2D eigenvalue weighted by atomic mass is 9.88. The minimum atomic E-state index is 0.0146. The van der Waals surface area contributed by atoms with E-state index in [4.69, 9.17) is 0 Å². The molecule has 1 saturated carbocycles. The quantitative estimate of drug-likeness (QED) is 0.728. The van der Waals surface area contributed by atoms with E-state index in [0.29, 0.717) is 6.42 Å². The third kappa shape index (κ3) is 2.80. The van der Waals surface area contributed by atoms with Crippen molar-refractivity contribution < 1.29 is 4.79 Å². The average molecular weight is 237 g/mol. The van der Waals surface area contributed by atoms with Crippen LogP contribution in [0.1, 0.15) is 32.1 Å². The van der Waals surface area contributed by atoms with Crippen molar-refractivity contribution in [2.45, 2.75) is 37.6 Å². The zero-order valence-corrected chi connectivity index (χ0v) is 10.5. The van der Waals surface area contributed by atoms with Crippen LogP contribution >= 0.6 is 0 Å². The van der Waals surface area contributed by atoms with E-state index < -0.39 is 0 Å². The van der Waals surface area contributed by atoms with Crippen molar-refractivity contribution in [3.05, 3.63) is 0 Å². The molecule has 17 heavy (non-hydrogen) atoms. The van der Waals surface area contributed by atoms with Crippen LogP contribution in [0.4, 0.5) is 0 Å². The Morgan fingerprint density at radius 2 is 2.29 bits per heavy atom. The van der Waals surface area contributed by atoms with Crippen LogP contribution in [0.3, 0.4) is 0 Å². The molecule has 0 unspecified atom stereocenters. The predicted octanol–water partition coefficient (Wildman–Crippen LogP) is 0.341. The molecule has 3 rings (SSSR count). The van der Waals surface area contributed by atoms with Gasteiger partial charge in [-0.1, -0.05) is 0 Å². The Bertz CT molecular complexity index is 303. The summed E-state index contributed by atoms with van der Waals surface area (Å²) in [5.41, 5.74) is 0.0146. The van der Waals surface area contributed by atoms with Gasteiger partial charge in [-0.3, -0.25) is 9.69 Å². The van der Waals surface area contributed by atoms with E-state index in [-0.39, 0.29) is 11.4 Å². The van der Waals surface area contributed by atoms with Gasteiger partial charge in [-0.15, -0.1) is 0 Å². The molecule has 4 heteroatoms. The number of carbonyl (C=O) groups excluding carboxylic acids is 1. The number of nitrogens with zero attached hydrogens (tertiary/aromatic N) is 1. The topological polar surface area (TPSA) is 44.4 Å². The first kappa shape index (κ1) is 11.5. The minimum Gasteiger partial charge on any atom is -0.348 e. The van der Waals surface area contributed by atoms with Gasteiger partial charge in [-0.2, -0.15) is 0 Å². The maximum atomic E-state index is 11.6. The number of piperidine rings is 1. The molecule has 4 nitrogen and oxygen atoms in total. The van der Waals surface area contributed by atoms with Gasteiger partial charge in [-0.25, -0.2) is 0 Å². The van der Waals surface area contributed by atoms with E-state index in [2.05, 4.69) is 15.5 Å². The Hall–Kier alpha value is -0.610. The maximum absolute atomic E-state index is 11.6. The average Bonchev–Trinajstić information content (AvgIpc) is 3.08. The van der Waals surface area contributed by atoms with E-state index in [1.165, 1.54) is 19.4 Å². The fraction of sp³-hybridized carbons (Fsp3) is 0.923. The third-order valence-electron chi connectivity index (χ3n) is 4.27. The van der Waals surface area contributed by atoms with Crippen LogP contribution in [-0.2, 0) is 4.79 Å². The van der Waals surface area contributed by atoms with Gasteiger partial charge in [0.25, 0.3) is 0 Å². The Labute approximate surface area is 103 Å². The summed E-state index contributed by atoms with van der Waals surface area (Å²) in [6.07, 6.45) is 5.70. The van der Waals surface area contributed by atoms with Gasteiger partial charge in [0, 0.05) is 39.1 Å². The van der Waals surface area contributed by atoms with Crippen LogP contribution in [0.5, 0.6) is 0 Å². The second-order valence-corrected chi connectivity index (χ2v) is 6.04. The molecule has 2 N–H and O–H groups in total. The number of hydrogen-bond acceptors (Lipinski definition) is 3. The molecule has 1 spiro atoms. The van der Waals surface area contributed by atoms with Crippen molar-refractivity contribution in [3.63, 3.8) is 0 Å². The summed E-state index contributed by atoms with van der Waals surface area (Å²) in [5, 5.41) is 6.75. The highest BCUT2D eigenvalue weighted by Gasteiger charge is 2.38. The van der Waals surface area contributed by atoms with Crippen LogP contribution in [-0.4, -0.2) is 49.1 Å². The Morgan fingerprint density at radius 3 is 3.06 bits per heavy atom. The highest BCUT2D eigenvalue weighted by molar-refractivity contribution is 5.77. The molecule has 3 aliphatic rings. The number of hydrogen-bond donors (Lipinski definition) is 2. The summed E-state index contributed by atoms with van der Waals surface area (Å²) in [6.45, 7) is 5.42. The summed E-state index contributed by atoms with van der Waals surface area (Å²) in [6, 6.07) is 0. The zero-order valence-electron chi connectivity index (χ0n) is 10.5. The van der Waals surface area contributed by atoms with Crippen molar-refractivity contribution in [1.82, 2.24) is 15.5 Å². The lowest BCUT2D eigenvalue weighted by Crippen LogP contribution is -2.60. The Balaban J connectivity index is 1.66. The fourth-order valence-corrected chi connectivity index (χ4v) is 3.21. The lowest BCUT2D eigenvalue weighted by Gasteiger charge is -2.39. The molecule has 96 valence electrons. The molecular formula is C13H23N3O. The summed E-state index contributed by atoms with van der Waals surface area (Å²) in [4.78, 5) is 14.2. The molecule has 3 fully saturated rings. The lowest BCUT2D eigenvalue weighted by molar-refractivity contribution is -0.125. The summed E-state index contributed by atoms with van der Waals surface area (Å²) < 4.78 is 0. The van der Waals surface area contributed by atoms with Crippen molar-refractivity contribution in [1.29, 1.82) is 0 Å². The Morgan fingerprint density at radius 1 is 1.41 bits per heavy atom. The molecule has 1 amide bonds. The molecular weight excluding hydrogens is 214 g/mol. The van der Waals surface area contributed by atoms with Crippen molar-refractivity contribution in [3.8, 4) is 0 Å². The smallest absolute Gasteiger partial charge is 0.220 e. The van der Waals surface area contributed by atoms with Crippen LogP contribution in [0.25, 0.3) is 0 Å². The van der Waals surface area contributed by atoms with E-state index in [9.17, 15) is 4.79 Å². The van der Waals surface area contributed by atoms with Crippen molar-refractivity contribution in [2.75, 3.05) is 32.7 Å². The van der Waals surface area contributed by atoms with Crippen LogP contribution < -0.4 is 10.6 Å². The first-order valence-corrected chi connectivity index (χ1v) is 7.00. The first-order chi connectivity index (χ1) is 8.26. The normalized spacial score (nSPS) is 35.6. The molecule has 2 aliphatic heterocycles. The molecule has 2 heterocycles. The molecule has 0 radical (unpaired) electrons. The van der Waals surface area contributed by atoms with Gasteiger partial charge in [-0.05, 0) is 31.6 Å². The zero-order chi connectivity index (χ0) is 11.7. The third-order valence-corrected chi connectivity index (χ3v) is 4.27. The Kier molecular flexibility index (Phi) is 3.09. The predicted molar refractivity (Wildman–Crippen MR) is 66.8 cm³/mol. The van der Waals surface area contributed by atoms with Gasteiger partial charge >= 0.3 is 0 Å². The largest absolute Gasteiger partial charge is 0.348 e. The fourth-order valence-electron chi connectivity index (χ4n) is 3.21. The first-order valence-electron chi connectivity index (χ1n) is 7.00. The molecule has 0 aromatic rings. The highest BCUT2D eigenvalue weighted by Crippen LogP contribution is 2.31. The van der Waals surface area contributed by atoms with Crippen LogP contribution in [0.15, 0.2) is 0 Å². The second kappa shape index (κ2) is 4.58. The minimum absolute atomic E-state index is 0.0146. The molecule has 0 bridgehead atoms. The van der Waals surface area contributed by atoms with Crippen molar-refractivity contribution in [2.24, 2.45) is 5.92 Å². The van der Waals surface area contributed by atoms with Crippen molar-refractivity contribution >= 4 is 5.91 Å². The number of carbonyl (C=O) groups is 1. The van der Waals surface area contributed by atoms with Gasteiger partial charge in [0.2, 0.25) is 5.91 Å². The molecule has 1 aliphatic carbocycles.